The van der Waals surface area contributed by atoms with E-state index in [1.54, 1.807) is 0 Å². The van der Waals surface area contributed by atoms with Crippen molar-refractivity contribution in [1.82, 2.24) is 0 Å². The predicted molar refractivity (Wildman–Crippen MR) is 77.2 cm³/mol. The molecule has 1 unspecified atom stereocenters. The van der Waals surface area contributed by atoms with Crippen LogP contribution >= 0.6 is 11.6 Å². The van der Waals surface area contributed by atoms with Crippen LogP contribution in [0.25, 0.3) is 0 Å². The zero-order chi connectivity index (χ0) is 12.9. The van der Waals surface area contributed by atoms with Crippen LogP contribution in [0.2, 0.25) is 0 Å². The molecule has 1 rings (SSSR count). The van der Waals surface area contributed by atoms with Crippen molar-refractivity contribution in [2.45, 2.75) is 58.3 Å². The molecule has 0 saturated heterocycles. The summed E-state index contributed by atoms with van der Waals surface area (Å²) in [6, 6.07) is 0. The van der Waals surface area contributed by atoms with E-state index >= 15 is 0 Å². The summed E-state index contributed by atoms with van der Waals surface area (Å²) in [7, 11) is 0. The molecule has 0 heterocycles. The van der Waals surface area contributed by atoms with Gasteiger partial charge in [-0.15, -0.1) is 11.6 Å². The predicted octanol–water partition coefficient (Wildman–Crippen LogP) is 4.59. The summed E-state index contributed by atoms with van der Waals surface area (Å²) in [6.07, 6.45) is 7.69. The van der Waals surface area contributed by atoms with Crippen LogP contribution in [0, 0.1) is 5.41 Å². The highest BCUT2D eigenvalue weighted by molar-refractivity contribution is 6.20. The first-order valence-electron chi connectivity index (χ1n) is 6.30. The minimum absolute atomic E-state index is 0.158. The molecule has 0 aromatic rings. The molecular weight excluding hydrogens is 232 g/mol. The SMILES string of the molecule is C=NC(CCC1(C)CC1)=NC(C)=CCC(C)Cl. The van der Waals surface area contributed by atoms with Gasteiger partial charge in [-0.3, -0.25) is 0 Å². The van der Waals surface area contributed by atoms with Crippen LogP contribution < -0.4 is 0 Å². The molecule has 0 amide bonds. The van der Waals surface area contributed by atoms with Crippen LogP contribution in [-0.4, -0.2) is 17.9 Å². The molecule has 0 aliphatic heterocycles. The maximum absolute atomic E-state index is 5.89. The number of amidine groups is 1. The van der Waals surface area contributed by atoms with Crippen molar-refractivity contribution in [1.29, 1.82) is 0 Å². The molecule has 0 aromatic carbocycles. The Morgan fingerprint density at radius 1 is 1.53 bits per heavy atom. The molecule has 3 heteroatoms. The maximum atomic E-state index is 5.89. The van der Waals surface area contributed by atoms with Crippen molar-refractivity contribution in [2.75, 3.05) is 0 Å². The van der Waals surface area contributed by atoms with Gasteiger partial charge in [-0.2, -0.15) is 0 Å². The molecule has 96 valence electrons. The number of aliphatic imine (C=N–C) groups is 2. The summed E-state index contributed by atoms with van der Waals surface area (Å²) >= 11 is 5.89. The van der Waals surface area contributed by atoms with Crippen molar-refractivity contribution in [3.05, 3.63) is 11.8 Å². The van der Waals surface area contributed by atoms with E-state index in [0.717, 1.165) is 24.4 Å². The van der Waals surface area contributed by atoms with E-state index in [-0.39, 0.29) is 5.38 Å². The first-order chi connectivity index (χ1) is 7.95. The summed E-state index contributed by atoms with van der Waals surface area (Å²) in [6.45, 7) is 9.89. The van der Waals surface area contributed by atoms with E-state index in [1.807, 2.05) is 13.8 Å². The Balaban J connectivity index is 2.47. The highest BCUT2D eigenvalue weighted by Crippen LogP contribution is 2.48. The van der Waals surface area contributed by atoms with E-state index in [0.29, 0.717) is 5.41 Å². The Labute approximate surface area is 110 Å². The van der Waals surface area contributed by atoms with Gasteiger partial charge in [-0.1, -0.05) is 13.0 Å². The van der Waals surface area contributed by atoms with E-state index in [9.17, 15) is 0 Å². The highest BCUT2D eigenvalue weighted by atomic mass is 35.5. The quantitative estimate of drug-likeness (QED) is 0.376. The van der Waals surface area contributed by atoms with Gasteiger partial charge < -0.3 is 0 Å². The largest absolute Gasteiger partial charge is 0.249 e. The van der Waals surface area contributed by atoms with Crippen molar-refractivity contribution in [3.8, 4) is 0 Å². The number of alkyl halides is 1. The van der Waals surface area contributed by atoms with E-state index in [1.165, 1.54) is 19.3 Å². The molecule has 1 aliphatic carbocycles. The number of nitrogens with zero attached hydrogens (tertiary/aromatic N) is 2. The number of allylic oxidation sites excluding steroid dienone is 2. The van der Waals surface area contributed by atoms with Gasteiger partial charge in [0, 0.05) is 17.5 Å². The molecule has 1 saturated carbocycles. The second-order valence-corrected chi connectivity index (χ2v) is 6.10. The topological polar surface area (TPSA) is 24.7 Å². The van der Waals surface area contributed by atoms with Gasteiger partial charge in [-0.05, 0) is 51.7 Å². The van der Waals surface area contributed by atoms with Gasteiger partial charge in [0.1, 0.15) is 5.84 Å². The molecule has 0 radical (unpaired) electrons. The summed E-state index contributed by atoms with van der Waals surface area (Å²) in [4.78, 5) is 8.50. The number of halogens is 1. The minimum atomic E-state index is 0.158. The summed E-state index contributed by atoms with van der Waals surface area (Å²) < 4.78 is 0. The molecule has 0 spiro atoms. The first kappa shape index (κ1) is 14.4. The lowest BCUT2D eigenvalue weighted by molar-refractivity contribution is 0.531. The first-order valence-corrected chi connectivity index (χ1v) is 6.74. The third-order valence-electron chi connectivity index (χ3n) is 3.28. The second-order valence-electron chi connectivity index (χ2n) is 5.36. The average Bonchev–Trinajstić information content (AvgIpc) is 3.00. The maximum Gasteiger partial charge on any atom is 0.127 e. The van der Waals surface area contributed by atoms with Crippen molar-refractivity contribution in [2.24, 2.45) is 15.4 Å². The molecule has 0 bridgehead atoms. The van der Waals surface area contributed by atoms with Gasteiger partial charge in [0.2, 0.25) is 0 Å². The van der Waals surface area contributed by atoms with Crippen LogP contribution in [0.15, 0.2) is 21.8 Å². The lowest BCUT2D eigenvalue weighted by atomic mass is 10.0. The Kier molecular flexibility index (Phi) is 5.38. The lowest BCUT2D eigenvalue weighted by Gasteiger charge is -2.07. The van der Waals surface area contributed by atoms with Crippen molar-refractivity contribution in [3.63, 3.8) is 0 Å². The van der Waals surface area contributed by atoms with Gasteiger partial charge in [0.05, 0.1) is 0 Å². The Morgan fingerprint density at radius 3 is 2.65 bits per heavy atom. The van der Waals surface area contributed by atoms with Crippen LogP contribution in [-0.2, 0) is 0 Å². The van der Waals surface area contributed by atoms with Gasteiger partial charge in [0.15, 0.2) is 0 Å². The van der Waals surface area contributed by atoms with E-state index < -0.39 is 0 Å². The molecule has 1 aliphatic rings. The van der Waals surface area contributed by atoms with Crippen LogP contribution in [0.4, 0.5) is 0 Å². The minimum Gasteiger partial charge on any atom is -0.249 e. The Bertz CT molecular complexity index is 325. The molecule has 0 aromatic heterocycles. The molecule has 1 atom stereocenters. The fraction of sp³-hybridized carbons (Fsp3) is 0.714. The summed E-state index contributed by atoms with van der Waals surface area (Å²) in [5.41, 5.74) is 1.54. The number of rotatable bonds is 6. The molecule has 0 N–H and O–H groups in total. The van der Waals surface area contributed by atoms with Crippen molar-refractivity contribution < 1.29 is 0 Å². The average molecular weight is 255 g/mol. The molecule has 2 nitrogen and oxygen atoms in total. The lowest BCUT2D eigenvalue weighted by Crippen LogP contribution is -2.00. The van der Waals surface area contributed by atoms with Gasteiger partial charge in [-0.25, -0.2) is 9.98 Å². The third-order valence-corrected chi connectivity index (χ3v) is 3.46. The fourth-order valence-electron chi connectivity index (χ4n) is 1.63. The normalized spacial score (nSPS) is 21.2. The number of hydrogen-bond donors (Lipinski definition) is 0. The van der Waals surface area contributed by atoms with Crippen LogP contribution in [0.5, 0.6) is 0 Å². The third kappa shape index (κ3) is 6.02. The number of hydrogen-bond acceptors (Lipinski definition) is 1. The molecule has 1 fully saturated rings. The molecular formula is C14H23ClN2. The van der Waals surface area contributed by atoms with Gasteiger partial charge in [0.25, 0.3) is 0 Å². The zero-order valence-corrected chi connectivity index (χ0v) is 11.9. The van der Waals surface area contributed by atoms with Gasteiger partial charge >= 0.3 is 0 Å². The van der Waals surface area contributed by atoms with Crippen LogP contribution in [0.1, 0.15) is 52.9 Å². The zero-order valence-electron chi connectivity index (χ0n) is 11.2. The fourth-order valence-corrected chi connectivity index (χ4v) is 1.72. The second kappa shape index (κ2) is 6.34. The summed E-state index contributed by atoms with van der Waals surface area (Å²) in [5, 5.41) is 0.158. The Hall–Kier alpha value is -0.630. The Morgan fingerprint density at radius 2 is 2.18 bits per heavy atom. The van der Waals surface area contributed by atoms with E-state index in [2.05, 4.69) is 29.7 Å². The van der Waals surface area contributed by atoms with Crippen LogP contribution in [0.3, 0.4) is 0 Å². The monoisotopic (exact) mass is 254 g/mol. The summed E-state index contributed by atoms with van der Waals surface area (Å²) in [5.74, 6) is 0.856. The molecule has 17 heavy (non-hydrogen) atoms. The smallest absolute Gasteiger partial charge is 0.127 e. The van der Waals surface area contributed by atoms with Crippen molar-refractivity contribution >= 4 is 24.2 Å². The standard InChI is InChI=1S/C14H23ClN2/c1-11(15)5-6-12(2)17-13(16-4)7-8-14(3)9-10-14/h6,11H,4-5,7-10H2,1-3H3. The van der Waals surface area contributed by atoms with E-state index in [4.69, 9.17) is 11.6 Å². The highest BCUT2D eigenvalue weighted by Gasteiger charge is 2.36.